The summed E-state index contributed by atoms with van der Waals surface area (Å²) in [5.41, 5.74) is 3.64. The lowest BCUT2D eigenvalue weighted by molar-refractivity contribution is 0.618. The third-order valence-corrected chi connectivity index (χ3v) is 3.62. The lowest BCUT2D eigenvalue weighted by Crippen LogP contribution is -1.98. The Morgan fingerprint density at radius 2 is 2.05 bits per heavy atom. The van der Waals surface area contributed by atoms with Gasteiger partial charge in [-0.15, -0.1) is 0 Å². The molecule has 0 bridgehead atoms. The third kappa shape index (κ3) is 2.17. The van der Waals surface area contributed by atoms with Crippen LogP contribution in [0.4, 0.5) is 4.39 Å². The average Bonchev–Trinajstić information content (AvgIpc) is 2.87. The zero-order chi connectivity index (χ0) is 15.0. The van der Waals surface area contributed by atoms with Crippen LogP contribution >= 0.6 is 0 Å². The fourth-order valence-electron chi connectivity index (χ4n) is 2.47. The number of benzene rings is 2. The van der Waals surface area contributed by atoms with E-state index in [0.29, 0.717) is 11.1 Å². The SMILES string of the molecule is CCn1c(-c2ccc(C)c(F)c2)nc2cc(C#N)ccc21. The van der Waals surface area contributed by atoms with Gasteiger partial charge in [0.25, 0.3) is 0 Å². The van der Waals surface area contributed by atoms with Crippen molar-refractivity contribution < 1.29 is 4.39 Å². The minimum atomic E-state index is -0.236. The van der Waals surface area contributed by atoms with Crippen LogP contribution in [0.15, 0.2) is 36.4 Å². The van der Waals surface area contributed by atoms with Gasteiger partial charge in [0.15, 0.2) is 0 Å². The zero-order valence-electron chi connectivity index (χ0n) is 11.9. The maximum atomic E-state index is 13.8. The molecular formula is C17H14FN3. The molecule has 0 atom stereocenters. The molecule has 21 heavy (non-hydrogen) atoms. The van der Waals surface area contributed by atoms with E-state index in [9.17, 15) is 4.39 Å². The van der Waals surface area contributed by atoms with Gasteiger partial charge in [-0.2, -0.15) is 5.26 Å². The molecule has 1 heterocycles. The average molecular weight is 279 g/mol. The van der Waals surface area contributed by atoms with Crippen molar-refractivity contribution >= 4 is 11.0 Å². The molecule has 3 rings (SSSR count). The molecule has 0 N–H and O–H groups in total. The summed E-state index contributed by atoms with van der Waals surface area (Å²) in [6.07, 6.45) is 0. The summed E-state index contributed by atoms with van der Waals surface area (Å²) in [5.74, 6) is 0.487. The van der Waals surface area contributed by atoms with E-state index in [1.54, 1.807) is 25.1 Å². The van der Waals surface area contributed by atoms with Crippen LogP contribution in [0.1, 0.15) is 18.1 Å². The standard InChI is InChI=1S/C17H14FN3/c1-3-21-16-7-5-12(10-19)8-15(16)20-17(21)13-6-4-11(2)14(18)9-13/h4-9H,3H2,1-2H3. The Bertz CT molecular complexity index is 872. The molecule has 0 unspecified atom stereocenters. The van der Waals surface area contributed by atoms with Gasteiger partial charge in [-0.05, 0) is 43.7 Å². The van der Waals surface area contributed by atoms with E-state index in [0.717, 1.165) is 29.0 Å². The fourth-order valence-corrected chi connectivity index (χ4v) is 2.47. The third-order valence-electron chi connectivity index (χ3n) is 3.62. The second-order valence-electron chi connectivity index (χ2n) is 4.96. The number of rotatable bonds is 2. The van der Waals surface area contributed by atoms with Crippen LogP contribution in [-0.2, 0) is 6.54 Å². The van der Waals surface area contributed by atoms with E-state index in [-0.39, 0.29) is 5.82 Å². The van der Waals surface area contributed by atoms with Gasteiger partial charge >= 0.3 is 0 Å². The molecule has 3 nitrogen and oxygen atoms in total. The summed E-state index contributed by atoms with van der Waals surface area (Å²) in [5, 5.41) is 8.98. The Hall–Kier alpha value is -2.67. The number of imidazole rings is 1. The fraction of sp³-hybridized carbons (Fsp3) is 0.176. The Morgan fingerprint density at radius 3 is 2.71 bits per heavy atom. The highest BCUT2D eigenvalue weighted by Gasteiger charge is 2.13. The van der Waals surface area contributed by atoms with Crippen molar-refractivity contribution in [3.63, 3.8) is 0 Å². The van der Waals surface area contributed by atoms with Crippen LogP contribution in [0.2, 0.25) is 0 Å². The highest BCUT2D eigenvalue weighted by Crippen LogP contribution is 2.26. The predicted molar refractivity (Wildman–Crippen MR) is 80.3 cm³/mol. The number of hydrogen-bond donors (Lipinski definition) is 0. The summed E-state index contributed by atoms with van der Waals surface area (Å²) in [6.45, 7) is 4.49. The molecule has 0 saturated heterocycles. The summed E-state index contributed by atoms with van der Waals surface area (Å²) < 4.78 is 15.8. The molecule has 2 aromatic carbocycles. The zero-order valence-corrected chi connectivity index (χ0v) is 11.9. The van der Waals surface area contributed by atoms with Gasteiger partial charge in [0.1, 0.15) is 11.6 Å². The molecule has 0 fully saturated rings. The van der Waals surface area contributed by atoms with Crippen molar-refractivity contribution in [1.82, 2.24) is 9.55 Å². The second kappa shape index (κ2) is 5.02. The predicted octanol–water partition coefficient (Wildman–Crippen LogP) is 4.04. The van der Waals surface area contributed by atoms with E-state index in [4.69, 9.17) is 5.26 Å². The largest absolute Gasteiger partial charge is 0.324 e. The smallest absolute Gasteiger partial charge is 0.141 e. The van der Waals surface area contributed by atoms with Gasteiger partial charge in [-0.25, -0.2) is 9.37 Å². The van der Waals surface area contributed by atoms with Gasteiger partial charge in [-0.3, -0.25) is 0 Å². The van der Waals surface area contributed by atoms with Crippen LogP contribution < -0.4 is 0 Å². The number of nitrogens with zero attached hydrogens (tertiary/aromatic N) is 3. The Morgan fingerprint density at radius 1 is 1.24 bits per heavy atom. The molecule has 0 radical (unpaired) electrons. The molecule has 0 aliphatic carbocycles. The first-order valence-corrected chi connectivity index (χ1v) is 6.81. The van der Waals surface area contributed by atoms with Gasteiger partial charge < -0.3 is 4.57 Å². The van der Waals surface area contributed by atoms with Crippen molar-refractivity contribution in [2.45, 2.75) is 20.4 Å². The van der Waals surface area contributed by atoms with Crippen molar-refractivity contribution in [1.29, 1.82) is 5.26 Å². The number of aromatic nitrogens is 2. The normalized spacial score (nSPS) is 10.8. The second-order valence-corrected chi connectivity index (χ2v) is 4.96. The summed E-state index contributed by atoms with van der Waals surface area (Å²) in [4.78, 5) is 4.58. The van der Waals surface area contributed by atoms with Crippen molar-refractivity contribution in [2.24, 2.45) is 0 Å². The molecule has 0 saturated carbocycles. The first-order valence-electron chi connectivity index (χ1n) is 6.81. The molecule has 3 aromatic rings. The quantitative estimate of drug-likeness (QED) is 0.710. The molecule has 0 aliphatic heterocycles. The lowest BCUT2D eigenvalue weighted by atomic mass is 10.1. The monoisotopic (exact) mass is 279 g/mol. The van der Waals surface area contributed by atoms with Crippen molar-refractivity contribution in [2.75, 3.05) is 0 Å². The molecule has 104 valence electrons. The van der Waals surface area contributed by atoms with Crippen molar-refractivity contribution in [3.05, 3.63) is 53.3 Å². The molecule has 0 aliphatic rings. The number of halogens is 1. The van der Waals surface area contributed by atoms with Crippen LogP contribution in [0.3, 0.4) is 0 Å². The number of aryl methyl sites for hydroxylation is 2. The van der Waals surface area contributed by atoms with Gasteiger partial charge in [0, 0.05) is 12.1 Å². The van der Waals surface area contributed by atoms with E-state index in [1.165, 1.54) is 6.07 Å². The first-order chi connectivity index (χ1) is 10.1. The minimum Gasteiger partial charge on any atom is -0.324 e. The van der Waals surface area contributed by atoms with E-state index < -0.39 is 0 Å². The summed E-state index contributed by atoms with van der Waals surface area (Å²) >= 11 is 0. The van der Waals surface area contributed by atoms with Crippen LogP contribution in [0, 0.1) is 24.1 Å². The summed E-state index contributed by atoms with van der Waals surface area (Å²) in [7, 11) is 0. The maximum Gasteiger partial charge on any atom is 0.141 e. The number of hydrogen-bond acceptors (Lipinski definition) is 2. The van der Waals surface area contributed by atoms with Crippen LogP contribution in [0.5, 0.6) is 0 Å². The van der Waals surface area contributed by atoms with Crippen molar-refractivity contribution in [3.8, 4) is 17.5 Å². The van der Waals surface area contributed by atoms with E-state index in [2.05, 4.69) is 11.1 Å². The number of nitriles is 1. The first kappa shape index (κ1) is 13.3. The Kier molecular flexibility index (Phi) is 3.19. The van der Waals surface area contributed by atoms with E-state index in [1.807, 2.05) is 23.6 Å². The molecular weight excluding hydrogens is 265 g/mol. The molecule has 0 amide bonds. The maximum absolute atomic E-state index is 13.8. The Labute approximate surface area is 122 Å². The van der Waals surface area contributed by atoms with Gasteiger partial charge in [-0.1, -0.05) is 12.1 Å². The van der Waals surface area contributed by atoms with Gasteiger partial charge in [0.2, 0.25) is 0 Å². The lowest BCUT2D eigenvalue weighted by Gasteiger charge is -2.07. The Balaban J connectivity index is 2.26. The number of fused-ring (bicyclic) bond motifs is 1. The highest BCUT2D eigenvalue weighted by atomic mass is 19.1. The highest BCUT2D eigenvalue weighted by molar-refractivity contribution is 5.82. The van der Waals surface area contributed by atoms with Crippen LogP contribution in [0.25, 0.3) is 22.4 Å². The molecule has 0 spiro atoms. The minimum absolute atomic E-state index is 0.236. The summed E-state index contributed by atoms with van der Waals surface area (Å²) in [6, 6.07) is 12.7. The van der Waals surface area contributed by atoms with E-state index >= 15 is 0 Å². The molecule has 1 aromatic heterocycles. The topological polar surface area (TPSA) is 41.6 Å². The van der Waals surface area contributed by atoms with Gasteiger partial charge in [0.05, 0.1) is 22.7 Å². The molecule has 4 heteroatoms. The van der Waals surface area contributed by atoms with Crippen LogP contribution in [-0.4, -0.2) is 9.55 Å².